The number of aryl methyl sites for hydroxylation is 1. The van der Waals surface area contributed by atoms with Crippen LogP contribution in [0.1, 0.15) is 38.1 Å². The summed E-state index contributed by atoms with van der Waals surface area (Å²) in [5, 5.41) is 17.0. The first-order valence-electron chi connectivity index (χ1n) is 11.1. The van der Waals surface area contributed by atoms with Crippen molar-refractivity contribution in [2.75, 3.05) is 12.2 Å². The number of carbonyl (C=O) groups excluding carboxylic acids is 1. The van der Waals surface area contributed by atoms with Crippen molar-refractivity contribution in [2.45, 2.75) is 19.4 Å². The molecule has 0 bridgehead atoms. The van der Waals surface area contributed by atoms with E-state index in [1.165, 1.54) is 41.8 Å². The van der Waals surface area contributed by atoms with Crippen LogP contribution in [-0.2, 0) is 0 Å². The Kier molecular flexibility index (Phi) is 5.06. The molecule has 0 saturated carbocycles. The van der Waals surface area contributed by atoms with Gasteiger partial charge in [-0.2, -0.15) is 4.98 Å². The predicted octanol–water partition coefficient (Wildman–Crippen LogP) is 3.93. The van der Waals surface area contributed by atoms with E-state index < -0.39 is 30.7 Å². The van der Waals surface area contributed by atoms with E-state index in [9.17, 15) is 9.90 Å². The number of fused-ring (bicyclic) bond motifs is 1. The smallest absolute Gasteiger partial charge is 0.254 e. The average molecular weight is 457 g/mol. The maximum absolute atomic E-state index is 15.5. The van der Waals surface area contributed by atoms with E-state index in [2.05, 4.69) is 15.4 Å². The summed E-state index contributed by atoms with van der Waals surface area (Å²) < 4.78 is 41.5. The molecule has 0 aliphatic rings. The predicted molar refractivity (Wildman–Crippen MR) is 121 cm³/mol. The van der Waals surface area contributed by atoms with E-state index in [-0.39, 0.29) is 28.2 Å². The van der Waals surface area contributed by atoms with Crippen molar-refractivity contribution in [2.24, 2.45) is 0 Å². The van der Waals surface area contributed by atoms with Crippen molar-refractivity contribution in [3.8, 4) is 11.1 Å². The summed E-state index contributed by atoms with van der Waals surface area (Å²) >= 11 is 5.83. The number of rotatable bonds is 6. The molecule has 0 spiro atoms. The number of aliphatic hydroxyl groups is 1. The molecule has 2 aromatic carbocycles. The third-order valence-electron chi connectivity index (χ3n) is 4.88. The van der Waals surface area contributed by atoms with Gasteiger partial charge in [0.15, 0.2) is 5.65 Å². The molecule has 2 heterocycles. The number of nitrogens with one attached hydrogen (secondary N) is 1. The van der Waals surface area contributed by atoms with Crippen molar-refractivity contribution in [1.82, 2.24) is 19.9 Å². The summed E-state index contributed by atoms with van der Waals surface area (Å²) in [6.45, 7) is -1.02. The van der Waals surface area contributed by atoms with Gasteiger partial charge in [-0.15, -0.1) is 5.10 Å². The van der Waals surface area contributed by atoms with Gasteiger partial charge >= 0.3 is 0 Å². The van der Waals surface area contributed by atoms with Gasteiger partial charge < -0.3 is 16.2 Å². The quantitative estimate of drug-likeness (QED) is 0.407. The highest BCUT2D eigenvalue weighted by Gasteiger charge is 2.20. The molecule has 0 fully saturated rings. The van der Waals surface area contributed by atoms with Crippen LogP contribution in [0, 0.1) is 12.7 Å². The first-order chi connectivity index (χ1) is 16.4. The molecular weight excluding hydrogens is 433 g/mol. The molecule has 0 aliphatic heterocycles. The number of hydrogen-bond acceptors (Lipinski definition) is 5. The van der Waals surface area contributed by atoms with E-state index in [1.807, 2.05) is 0 Å². The number of hydrogen-bond donors (Lipinski definition) is 3. The van der Waals surface area contributed by atoms with Crippen LogP contribution in [0.3, 0.4) is 0 Å². The van der Waals surface area contributed by atoms with Crippen molar-refractivity contribution in [3.05, 3.63) is 82.3 Å². The zero-order valence-corrected chi connectivity index (χ0v) is 17.7. The molecule has 9 heteroatoms. The number of carbonyl (C=O) groups is 1. The van der Waals surface area contributed by atoms with Crippen LogP contribution >= 0.6 is 11.6 Å². The second-order valence-electron chi connectivity index (χ2n) is 7.07. The Morgan fingerprint density at radius 2 is 2.09 bits per heavy atom. The Morgan fingerprint density at radius 3 is 2.84 bits per heavy atom. The van der Waals surface area contributed by atoms with Gasteiger partial charge in [0, 0.05) is 26.0 Å². The van der Waals surface area contributed by atoms with Crippen LogP contribution in [0.4, 0.5) is 10.3 Å². The van der Waals surface area contributed by atoms with Crippen LogP contribution in [0.15, 0.2) is 54.7 Å². The van der Waals surface area contributed by atoms with E-state index in [0.717, 1.165) is 0 Å². The molecule has 0 saturated heterocycles. The number of nitrogens with two attached hydrogens (primary N) is 1. The van der Waals surface area contributed by atoms with Crippen LogP contribution in [0.25, 0.3) is 16.8 Å². The normalized spacial score (nSPS) is 14.9. The van der Waals surface area contributed by atoms with E-state index in [0.29, 0.717) is 16.2 Å². The van der Waals surface area contributed by atoms with Gasteiger partial charge in [0.2, 0.25) is 5.95 Å². The lowest BCUT2D eigenvalue weighted by Crippen LogP contribution is -2.27. The third-order valence-corrected chi connectivity index (χ3v) is 5.13. The van der Waals surface area contributed by atoms with Gasteiger partial charge in [0.25, 0.3) is 5.91 Å². The highest BCUT2D eigenvalue weighted by Crippen LogP contribution is 2.28. The molecule has 7 nitrogen and oxygen atoms in total. The Bertz CT molecular complexity index is 1430. The molecule has 4 rings (SSSR count). The molecule has 0 aliphatic carbocycles. The Labute approximate surface area is 192 Å². The van der Waals surface area contributed by atoms with Crippen LogP contribution in [0.5, 0.6) is 0 Å². The average Bonchev–Trinajstić information content (AvgIpc) is 3.12. The van der Waals surface area contributed by atoms with Crippen LogP contribution < -0.4 is 11.1 Å². The van der Waals surface area contributed by atoms with Crippen molar-refractivity contribution >= 4 is 29.1 Å². The van der Waals surface area contributed by atoms with Gasteiger partial charge in [-0.05, 0) is 54.3 Å². The fourth-order valence-corrected chi connectivity index (χ4v) is 3.38. The van der Waals surface area contributed by atoms with E-state index in [1.54, 1.807) is 24.4 Å². The van der Waals surface area contributed by atoms with Gasteiger partial charge in [0.1, 0.15) is 5.82 Å². The zero-order chi connectivity index (χ0) is 25.5. The van der Waals surface area contributed by atoms with Crippen LogP contribution in [-0.4, -0.2) is 32.1 Å². The summed E-state index contributed by atoms with van der Waals surface area (Å²) in [7, 11) is 0. The minimum atomic E-state index is -2.54. The van der Waals surface area contributed by atoms with E-state index >= 15 is 4.39 Å². The summed E-state index contributed by atoms with van der Waals surface area (Å²) in [4.78, 5) is 17.0. The first kappa shape index (κ1) is 18.1. The maximum Gasteiger partial charge on any atom is 0.254 e. The Morgan fingerprint density at radius 1 is 1.34 bits per heavy atom. The van der Waals surface area contributed by atoms with Crippen molar-refractivity contribution < 1.29 is 18.4 Å². The molecule has 1 atom stereocenters. The fourth-order valence-electron chi connectivity index (χ4n) is 3.26. The first-order valence-corrected chi connectivity index (χ1v) is 9.96. The van der Waals surface area contributed by atoms with Crippen molar-refractivity contribution in [1.29, 1.82) is 0 Å². The summed E-state index contributed by atoms with van der Waals surface area (Å²) in [6.07, 6.45) is -1.62. The monoisotopic (exact) mass is 456 g/mol. The maximum atomic E-state index is 15.5. The minimum Gasteiger partial charge on any atom is -0.388 e. The standard InChI is InChI=1S/C23H21ClFN5O2/c1-13-2-7-17(15-9-11-30-19(12-15)28-23(26)29-30)21(25)20(13)22(32)27-10-8-18(31)14-3-5-16(24)6-4-14/h2-7,9,11-12,18,31H,8,10H2,1H3,(H2,26,29)(H,27,32)/t18-/m1/s1/i10D2,18D. The molecule has 4 aromatic rings. The SMILES string of the molecule is [2H]C([2H])(C[C@@]([2H])(O)c1ccc(Cl)cc1)NC(=O)c1c(C)ccc(-c2ccn3nc(N)nc3c2)c1F. The molecule has 1 amide bonds. The Hall–Kier alpha value is -3.49. The second kappa shape index (κ2) is 8.94. The zero-order valence-electron chi connectivity index (χ0n) is 19.9. The molecule has 164 valence electrons. The minimum absolute atomic E-state index is 0.0572. The number of amides is 1. The fraction of sp³-hybridized carbons (Fsp3) is 0.174. The van der Waals surface area contributed by atoms with Gasteiger partial charge in [-0.25, -0.2) is 8.91 Å². The summed E-state index contributed by atoms with van der Waals surface area (Å²) in [5.74, 6) is -1.82. The number of nitrogen functional groups attached to an aromatic ring is 1. The molecule has 4 N–H and O–H groups in total. The summed E-state index contributed by atoms with van der Waals surface area (Å²) in [6, 6.07) is 11.9. The lowest BCUT2D eigenvalue weighted by molar-refractivity contribution is 0.0938. The van der Waals surface area contributed by atoms with Gasteiger partial charge in [0.05, 0.1) is 13.0 Å². The topological polar surface area (TPSA) is 106 Å². The largest absolute Gasteiger partial charge is 0.388 e. The van der Waals surface area contributed by atoms with Gasteiger partial charge in [-0.1, -0.05) is 35.9 Å². The number of aromatic nitrogens is 3. The van der Waals surface area contributed by atoms with Gasteiger partial charge in [-0.3, -0.25) is 4.79 Å². The highest BCUT2D eigenvalue weighted by molar-refractivity contribution is 6.30. The molecule has 0 unspecified atom stereocenters. The lowest BCUT2D eigenvalue weighted by Gasteiger charge is -2.14. The van der Waals surface area contributed by atoms with E-state index in [4.69, 9.17) is 21.4 Å². The third kappa shape index (κ3) is 4.42. The van der Waals surface area contributed by atoms with Crippen LogP contribution in [0.2, 0.25) is 5.02 Å². The second-order valence-corrected chi connectivity index (χ2v) is 7.50. The highest BCUT2D eigenvalue weighted by atomic mass is 35.5. The molecule has 0 radical (unpaired) electrons. The summed E-state index contributed by atoms with van der Waals surface area (Å²) in [5.41, 5.74) is 6.53. The lowest BCUT2D eigenvalue weighted by atomic mass is 9.98. The number of anilines is 1. The Balaban J connectivity index is 1.61. The molecule has 32 heavy (non-hydrogen) atoms. The number of pyridine rings is 1. The number of nitrogens with zero attached hydrogens (tertiary/aromatic N) is 3. The number of halogens is 2. The molecular formula is C23H21ClFN5O2. The van der Waals surface area contributed by atoms with Crippen molar-refractivity contribution in [3.63, 3.8) is 0 Å². The molecule has 2 aromatic heterocycles. The number of benzene rings is 2.